The van der Waals surface area contributed by atoms with Gasteiger partial charge in [-0.15, -0.1) is 0 Å². The maximum absolute atomic E-state index is 12.3. The number of nitrogens with zero attached hydrogens (tertiary/aromatic N) is 1. The Bertz CT molecular complexity index is 600. The van der Waals surface area contributed by atoms with E-state index in [1.807, 2.05) is 0 Å². The van der Waals surface area contributed by atoms with Gasteiger partial charge in [0.25, 0.3) is 0 Å². The van der Waals surface area contributed by atoms with Gasteiger partial charge in [0.2, 0.25) is 10.0 Å². The smallest absolute Gasteiger partial charge is 0.335 e. The first-order valence-corrected chi connectivity index (χ1v) is 8.05. The Balaban J connectivity index is 2.15. The zero-order valence-corrected chi connectivity index (χ0v) is 11.8. The fourth-order valence-electron chi connectivity index (χ4n) is 2.32. The Morgan fingerprint density at radius 1 is 1.45 bits per heavy atom. The molecular formula is C13H18N2O4S. The number of piperidine rings is 1. The van der Waals surface area contributed by atoms with Crippen molar-refractivity contribution in [1.82, 2.24) is 4.31 Å². The molecule has 1 fully saturated rings. The fourth-order valence-corrected chi connectivity index (χ4v) is 3.93. The maximum atomic E-state index is 12.3. The average Bonchev–Trinajstić information content (AvgIpc) is 2.38. The highest BCUT2D eigenvalue weighted by Gasteiger charge is 2.27. The summed E-state index contributed by atoms with van der Waals surface area (Å²) < 4.78 is 26.0. The fraction of sp³-hybridized carbons (Fsp3) is 0.462. The largest absolute Gasteiger partial charge is 0.478 e. The van der Waals surface area contributed by atoms with Gasteiger partial charge in [-0.2, -0.15) is 0 Å². The van der Waals surface area contributed by atoms with E-state index in [4.69, 9.17) is 10.8 Å². The molecule has 0 aromatic heterocycles. The van der Waals surface area contributed by atoms with Crippen LogP contribution in [0.1, 0.15) is 28.8 Å². The summed E-state index contributed by atoms with van der Waals surface area (Å²) in [6.07, 6.45) is 1.59. The molecule has 1 aliphatic heterocycles. The molecule has 1 unspecified atom stereocenters. The van der Waals surface area contributed by atoms with Crippen molar-refractivity contribution in [2.24, 2.45) is 5.73 Å². The van der Waals surface area contributed by atoms with Crippen LogP contribution < -0.4 is 5.73 Å². The summed E-state index contributed by atoms with van der Waals surface area (Å²) in [6.45, 7) is 0.815. The lowest BCUT2D eigenvalue weighted by Gasteiger charge is -2.29. The van der Waals surface area contributed by atoms with E-state index >= 15 is 0 Å². The number of rotatable bonds is 4. The van der Waals surface area contributed by atoms with Gasteiger partial charge in [0.1, 0.15) is 0 Å². The number of hydrogen-bond acceptors (Lipinski definition) is 4. The van der Waals surface area contributed by atoms with Crippen LogP contribution in [0.5, 0.6) is 0 Å². The SMILES string of the molecule is NC1CCCN(S(=O)(=O)Cc2cccc(C(=O)O)c2)C1. The maximum Gasteiger partial charge on any atom is 0.335 e. The molecule has 7 heteroatoms. The van der Waals surface area contributed by atoms with Crippen LogP contribution in [0.3, 0.4) is 0 Å². The molecule has 1 aromatic rings. The van der Waals surface area contributed by atoms with E-state index in [9.17, 15) is 13.2 Å². The van der Waals surface area contributed by atoms with Crippen LogP contribution in [0.2, 0.25) is 0 Å². The van der Waals surface area contributed by atoms with Crippen molar-refractivity contribution < 1.29 is 18.3 Å². The van der Waals surface area contributed by atoms with Gasteiger partial charge in [-0.1, -0.05) is 12.1 Å². The molecule has 0 radical (unpaired) electrons. The zero-order valence-electron chi connectivity index (χ0n) is 11.0. The number of hydrogen-bond donors (Lipinski definition) is 2. The lowest BCUT2D eigenvalue weighted by atomic mass is 10.1. The summed E-state index contributed by atoms with van der Waals surface area (Å²) in [5, 5.41) is 8.91. The van der Waals surface area contributed by atoms with Gasteiger partial charge < -0.3 is 10.8 Å². The predicted molar refractivity (Wildman–Crippen MR) is 74.8 cm³/mol. The summed E-state index contributed by atoms with van der Waals surface area (Å²) >= 11 is 0. The Morgan fingerprint density at radius 3 is 2.85 bits per heavy atom. The van der Waals surface area contributed by atoms with Crippen molar-refractivity contribution in [3.05, 3.63) is 35.4 Å². The van der Waals surface area contributed by atoms with E-state index in [2.05, 4.69) is 0 Å². The van der Waals surface area contributed by atoms with Crippen LogP contribution in [-0.4, -0.2) is 42.9 Å². The third kappa shape index (κ3) is 3.56. The van der Waals surface area contributed by atoms with Gasteiger partial charge >= 0.3 is 5.97 Å². The molecule has 3 N–H and O–H groups in total. The Morgan fingerprint density at radius 2 is 2.20 bits per heavy atom. The monoisotopic (exact) mass is 298 g/mol. The predicted octanol–water partition coefficient (Wildman–Crippen LogP) is 0.638. The highest BCUT2D eigenvalue weighted by atomic mass is 32.2. The molecule has 0 bridgehead atoms. The second kappa shape index (κ2) is 5.90. The van der Waals surface area contributed by atoms with E-state index in [-0.39, 0.29) is 17.4 Å². The van der Waals surface area contributed by atoms with Crippen LogP contribution in [0, 0.1) is 0 Å². The second-order valence-electron chi connectivity index (χ2n) is 5.02. The molecule has 0 aliphatic carbocycles. The average molecular weight is 298 g/mol. The van der Waals surface area contributed by atoms with Gasteiger partial charge in [-0.3, -0.25) is 0 Å². The van der Waals surface area contributed by atoms with Crippen LogP contribution >= 0.6 is 0 Å². The highest BCUT2D eigenvalue weighted by Crippen LogP contribution is 2.17. The van der Waals surface area contributed by atoms with Crippen molar-refractivity contribution in [1.29, 1.82) is 0 Å². The highest BCUT2D eigenvalue weighted by molar-refractivity contribution is 7.88. The normalized spacial score (nSPS) is 20.8. The minimum atomic E-state index is -3.45. The van der Waals surface area contributed by atoms with E-state index in [0.29, 0.717) is 18.7 Å². The van der Waals surface area contributed by atoms with Gasteiger partial charge in [-0.05, 0) is 30.5 Å². The molecule has 1 heterocycles. The van der Waals surface area contributed by atoms with Crippen molar-refractivity contribution in [3.63, 3.8) is 0 Å². The third-order valence-electron chi connectivity index (χ3n) is 3.34. The van der Waals surface area contributed by atoms with Gasteiger partial charge in [0, 0.05) is 19.1 Å². The minimum absolute atomic E-state index is 0.0908. The Kier molecular flexibility index (Phi) is 4.42. The zero-order chi connectivity index (χ0) is 14.8. The number of carboxylic acids is 1. The summed E-state index contributed by atoms with van der Waals surface area (Å²) in [4.78, 5) is 10.9. The lowest BCUT2D eigenvalue weighted by molar-refractivity contribution is 0.0696. The van der Waals surface area contributed by atoms with E-state index in [1.165, 1.54) is 16.4 Å². The number of aromatic carboxylic acids is 1. The van der Waals surface area contributed by atoms with Gasteiger partial charge in [0.05, 0.1) is 11.3 Å². The molecule has 2 rings (SSSR count). The molecule has 6 nitrogen and oxygen atoms in total. The van der Waals surface area contributed by atoms with Crippen molar-refractivity contribution in [2.45, 2.75) is 24.6 Å². The molecule has 1 saturated heterocycles. The second-order valence-corrected chi connectivity index (χ2v) is 6.99. The van der Waals surface area contributed by atoms with Gasteiger partial charge in [-0.25, -0.2) is 17.5 Å². The number of nitrogens with two attached hydrogens (primary N) is 1. The summed E-state index contributed by atoms with van der Waals surface area (Å²) in [5.41, 5.74) is 6.36. The molecule has 0 saturated carbocycles. The van der Waals surface area contributed by atoms with Crippen LogP contribution in [-0.2, 0) is 15.8 Å². The van der Waals surface area contributed by atoms with Gasteiger partial charge in [0.15, 0.2) is 0 Å². The number of benzene rings is 1. The topological polar surface area (TPSA) is 101 Å². The quantitative estimate of drug-likeness (QED) is 0.849. The molecule has 110 valence electrons. The standard InChI is InChI=1S/C13H18N2O4S/c14-12-5-2-6-15(8-12)20(18,19)9-10-3-1-4-11(7-10)13(16)17/h1,3-4,7,12H,2,5-6,8-9,14H2,(H,16,17). The lowest BCUT2D eigenvalue weighted by Crippen LogP contribution is -2.46. The van der Waals surface area contributed by atoms with Crippen molar-refractivity contribution in [2.75, 3.05) is 13.1 Å². The van der Waals surface area contributed by atoms with Crippen LogP contribution in [0.25, 0.3) is 0 Å². The summed E-state index contributed by atoms with van der Waals surface area (Å²) in [7, 11) is -3.45. The molecule has 1 atom stereocenters. The molecule has 0 spiro atoms. The Labute approximate surface area is 118 Å². The number of sulfonamides is 1. The minimum Gasteiger partial charge on any atom is -0.478 e. The van der Waals surface area contributed by atoms with Crippen LogP contribution in [0.15, 0.2) is 24.3 Å². The molecule has 1 aromatic carbocycles. The van der Waals surface area contributed by atoms with E-state index < -0.39 is 16.0 Å². The molecule has 20 heavy (non-hydrogen) atoms. The summed E-state index contributed by atoms with van der Waals surface area (Å²) in [5.74, 6) is -1.26. The first-order chi connectivity index (χ1) is 9.38. The number of carboxylic acid groups (broad SMARTS) is 1. The van der Waals surface area contributed by atoms with E-state index in [1.54, 1.807) is 12.1 Å². The molecule has 1 aliphatic rings. The van der Waals surface area contributed by atoms with Crippen LogP contribution in [0.4, 0.5) is 0 Å². The number of carbonyl (C=O) groups is 1. The first kappa shape index (κ1) is 15.0. The summed E-state index contributed by atoms with van der Waals surface area (Å²) in [6, 6.07) is 5.88. The Hall–Kier alpha value is -1.44. The first-order valence-electron chi connectivity index (χ1n) is 6.44. The molecular weight excluding hydrogens is 280 g/mol. The third-order valence-corrected chi connectivity index (χ3v) is 5.15. The van der Waals surface area contributed by atoms with Crippen molar-refractivity contribution >= 4 is 16.0 Å². The van der Waals surface area contributed by atoms with E-state index in [0.717, 1.165) is 12.8 Å². The van der Waals surface area contributed by atoms with Crippen molar-refractivity contribution in [3.8, 4) is 0 Å². The molecule has 0 amide bonds.